The molecule has 1 aromatic heterocycles. The highest BCUT2D eigenvalue weighted by Crippen LogP contribution is 2.37. The van der Waals surface area contributed by atoms with Crippen LogP contribution in [0.25, 0.3) is 11.1 Å². The Balaban J connectivity index is 1.95. The first-order valence-electron chi connectivity index (χ1n) is 10.4. The molecule has 166 valence electrons. The fourth-order valence-electron chi connectivity index (χ4n) is 3.19. The molecule has 1 aliphatic heterocycles. The minimum atomic E-state index is -4.21. The third kappa shape index (κ3) is 4.59. The number of amides is 1. The van der Waals surface area contributed by atoms with Crippen molar-refractivity contribution in [3.63, 3.8) is 0 Å². The van der Waals surface area contributed by atoms with Crippen molar-refractivity contribution >= 4 is 38.6 Å². The van der Waals surface area contributed by atoms with Gasteiger partial charge in [-0.25, -0.2) is 18.2 Å². The van der Waals surface area contributed by atoms with Gasteiger partial charge in [-0.3, -0.25) is 0 Å². The van der Waals surface area contributed by atoms with Crippen molar-refractivity contribution in [2.45, 2.75) is 75.5 Å². The summed E-state index contributed by atoms with van der Waals surface area (Å²) in [5, 5.41) is -1.86. The van der Waals surface area contributed by atoms with E-state index in [0.29, 0.717) is 11.4 Å². The summed E-state index contributed by atoms with van der Waals surface area (Å²) in [7, 11) is -4.21. The zero-order chi connectivity index (χ0) is 23.4. The van der Waals surface area contributed by atoms with E-state index in [1.165, 1.54) is 11.0 Å². The highest BCUT2D eigenvalue weighted by molar-refractivity contribution is 7.92. The maximum atomic E-state index is 13.6. The predicted octanol–water partition coefficient (Wildman–Crippen LogP) is 4.95. The van der Waals surface area contributed by atoms with Crippen LogP contribution in [0.5, 0.6) is 0 Å². The molecule has 0 radical (unpaired) electrons. The summed E-state index contributed by atoms with van der Waals surface area (Å²) in [6.45, 7) is 11.2. The number of rotatable bonds is 2. The number of benzene rings is 1. The van der Waals surface area contributed by atoms with Crippen molar-refractivity contribution in [2.75, 3.05) is 13.1 Å². The van der Waals surface area contributed by atoms with Gasteiger partial charge in [0.25, 0.3) is 0 Å². The first-order chi connectivity index (χ1) is 14.1. The van der Waals surface area contributed by atoms with Crippen LogP contribution in [-0.2, 0) is 20.0 Å². The zero-order valence-corrected chi connectivity index (χ0v) is 19.8. The summed E-state index contributed by atoms with van der Waals surface area (Å²) in [4.78, 5) is 18.0. The average Bonchev–Trinajstić information content (AvgIpc) is 3.04. The second kappa shape index (κ2) is 7.71. The van der Waals surface area contributed by atoms with Gasteiger partial charge in [-0.05, 0) is 45.7 Å². The molecule has 0 saturated carbocycles. The van der Waals surface area contributed by atoms with E-state index in [1.807, 2.05) is 20.8 Å². The molecular weight excluding hydrogens is 428 g/mol. The van der Waals surface area contributed by atoms with Gasteiger partial charge in [-0.15, -0.1) is 0 Å². The van der Waals surface area contributed by atoms with Gasteiger partial charge in [-0.1, -0.05) is 32.4 Å². The molecular formula is C21H29ClN2O5S. The number of likely N-dealkylation sites (tertiary alicyclic amines) is 1. The number of sulfone groups is 1. The highest BCUT2D eigenvalue weighted by Gasteiger charge is 2.37. The molecule has 0 atom stereocenters. The van der Waals surface area contributed by atoms with Gasteiger partial charge in [-0.2, -0.15) is 0 Å². The van der Waals surface area contributed by atoms with E-state index in [-0.39, 0.29) is 41.4 Å². The smallest absolute Gasteiger partial charge is 0.410 e. The Morgan fingerprint density at radius 3 is 2.37 bits per heavy atom. The third-order valence-corrected chi connectivity index (χ3v) is 7.27. The first kappa shape index (κ1) is 21.4. The predicted molar refractivity (Wildman–Crippen MR) is 116 cm³/mol. The van der Waals surface area contributed by atoms with Crippen molar-refractivity contribution in [1.82, 2.24) is 9.88 Å². The molecule has 1 aromatic carbocycles. The Labute approximate surface area is 184 Å². The van der Waals surface area contributed by atoms with Crippen LogP contribution in [0.4, 0.5) is 4.79 Å². The van der Waals surface area contributed by atoms with Crippen molar-refractivity contribution < 1.29 is 23.7 Å². The molecule has 0 bridgehead atoms. The minimum absolute atomic E-state index is 0.00898. The molecule has 1 saturated heterocycles. The Bertz CT molecular complexity index is 1110. The molecule has 0 aliphatic carbocycles. The van der Waals surface area contributed by atoms with E-state index < -0.39 is 32.2 Å². The molecule has 1 amide bonds. The van der Waals surface area contributed by atoms with E-state index >= 15 is 0 Å². The second-order valence-corrected chi connectivity index (χ2v) is 11.9. The number of ether oxygens (including phenoxy) is 1. The number of halogens is 1. The molecule has 0 unspecified atom stereocenters. The van der Waals surface area contributed by atoms with Gasteiger partial charge in [0.2, 0.25) is 5.89 Å². The Hall–Kier alpha value is -1.80. The van der Waals surface area contributed by atoms with Crippen molar-refractivity contribution in [2.24, 2.45) is 0 Å². The fourth-order valence-corrected chi connectivity index (χ4v) is 5.37. The molecule has 2 aromatic rings. The van der Waals surface area contributed by atoms with Gasteiger partial charge < -0.3 is 14.1 Å². The molecule has 2 heterocycles. The van der Waals surface area contributed by atoms with Crippen LogP contribution in [0.15, 0.2) is 21.4 Å². The van der Waals surface area contributed by atoms with Crippen molar-refractivity contribution in [3.8, 4) is 0 Å². The lowest BCUT2D eigenvalue weighted by atomic mass is 9.97. The lowest BCUT2D eigenvalue weighted by Gasteiger charge is -2.33. The molecule has 0 N–H and O–H groups in total. The molecule has 3 rings (SSSR count). The fraction of sp³-hybridized carbons (Fsp3) is 0.619. The molecule has 1 aliphatic rings. The minimum Gasteiger partial charge on any atom is -0.444 e. The lowest BCUT2D eigenvalue weighted by Crippen LogP contribution is -2.44. The van der Waals surface area contributed by atoms with Gasteiger partial charge in [0.05, 0.1) is 10.2 Å². The molecule has 7 nitrogen and oxygen atoms in total. The SMILES string of the molecule is [2H]C1(S(=O)(=O)c2c(Cl)ccc3nc(C(C)(C)C)oc23)CCN(C(=O)OC(C)(C)C)CC1. The number of piperidine rings is 1. The highest BCUT2D eigenvalue weighted by atomic mass is 35.5. The Morgan fingerprint density at radius 1 is 1.23 bits per heavy atom. The first-order valence-corrected chi connectivity index (χ1v) is 11.7. The van der Waals surface area contributed by atoms with Crippen LogP contribution in [0.3, 0.4) is 0 Å². The number of oxazole rings is 1. The van der Waals surface area contributed by atoms with Crippen molar-refractivity contribution in [1.29, 1.82) is 0 Å². The maximum Gasteiger partial charge on any atom is 0.410 e. The lowest BCUT2D eigenvalue weighted by molar-refractivity contribution is 0.0217. The normalized spacial score (nSPS) is 18.4. The number of aromatic nitrogens is 1. The van der Waals surface area contributed by atoms with E-state index in [1.54, 1.807) is 26.8 Å². The van der Waals surface area contributed by atoms with Gasteiger partial charge >= 0.3 is 6.09 Å². The summed E-state index contributed by atoms with van der Waals surface area (Å²) >= 11 is 6.31. The van der Waals surface area contributed by atoms with Crippen LogP contribution in [0.2, 0.25) is 5.02 Å². The number of fused-ring (bicyclic) bond motifs is 1. The molecule has 30 heavy (non-hydrogen) atoms. The van der Waals surface area contributed by atoms with E-state index in [2.05, 4.69) is 4.98 Å². The maximum absolute atomic E-state index is 13.6. The van der Waals surface area contributed by atoms with Crippen LogP contribution in [0.1, 0.15) is 61.6 Å². The Kier molecular flexibility index (Phi) is 5.51. The van der Waals surface area contributed by atoms with E-state index in [4.69, 9.17) is 22.1 Å². The van der Waals surface area contributed by atoms with Gasteiger partial charge in [0.15, 0.2) is 15.4 Å². The summed E-state index contributed by atoms with van der Waals surface area (Å²) in [6.07, 6.45) is -0.652. The Morgan fingerprint density at radius 2 is 1.83 bits per heavy atom. The van der Waals surface area contributed by atoms with Crippen LogP contribution >= 0.6 is 11.6 Å². The molecule has 9 heteroatoms. The van der Waals surface area contributed by atoms with E-state index in [0.717, 1.165) is 0 Å². The molecule has 0 spiro atoms. The number of carbonyl (C=O) groups excluding carboxylic acids is 1. The number of nitrogens with zero attached hydrogens (tertiary/aromatic N) is 2. The summed E-state index contributed by atoms with van der Waals surface area (Å²) in [5.41, 5.74) is -0.635. The zero-order valence-electron chi connectivity index (χ0n) is 19.2. The largest absolute Gasteiger partial charge is 0.444 e. The van der Waals surface area contributed by atoms with Gasteiger partial charge in [0.1, 0.15) is 16.0 Å². The third-order valence-electron chi connectivity index (χ3n) is 4.73. The number of hydrogen-bond acceptors (Lipinski definition) is 6. The van der Waals surface area contributed by atoms with Gasteiger partial charge in [0, 0.05) is 19.9 Å². The average molecular weight is 458 g/mol. The monoisotopic (exact) mass is 457 g/mol. The standard InChI is InChI=1S/C21H29ClN2O5S/c1-20(2,3)18-23-15-8-7-14(22)17(16(15)28-18)30(26,27)13-9-11-24(12-10-13)19(25)29-21(4,5)6/h7-8,13H,9-12H2,1-6H3/i13D. The molecule has 1 fully saturated rings. The second-order valence-electron chi connectivity index (χ2n) is 9.50. The summed E-state index contributed by atoms with van der Waals surface area (Å²) < 4.78 is 47.2. The van der Waals surface area contributed by atoms with Crippen molar-refractivity contribution in [3.05, 3.63) is 23.0 Å². The summed E-state index contributed by atoms with van der Waals surface area (Å²) in [6, 6.07) is 3.07. The van der Waals surface area contributed by atoms with E-state index in [9.17, 15) is 13.2 Å². The number of hydrogen-bond donors (Lipinski definition) is 0. The topological polar surface area (TPSA) is 89.7 Å². The summed E-state index contributed by atoms with van der Waals surface area (Å²) in [5.74, 6) is 0.389. The van der Waals surface area contributed by atoms with Crippen LogP contribution in [0, 0.1) is 0 Å². The number of carbonyl (C=O) groups is 1. The van der Waals surface area contributed by atoms with Crippen LogP contribution < -0.4 is 0 Å². The van der Waals surface area contributed by atoms with Crippen LogP contribution in [-0.4, -0.2) is 48.3 Å². The quantitative estimate of drug-likeness (QED) is 0.633.